The van der Waals surface area contributed by atoms with E-state index in [1.807, 2.05) is 31.2 Å². The summed E-state index contributed by atoms with van der Waals surface area (Å²) in [6, 6.07) is 19.1. The molecule has 0 atom stereocenters. The monoisotopic (exact) mass is 495 g/mol. The summed E-state index contributed by atoms with van der Waals surface area (Å²) in [5.74, 6) is -0.290. The van der Waals surface area contributed by atoms with E-state index in [0.29, 0.717) is 21.1 Å². The minimum absolute atomic E-state index is 0.0500. The largest absolute Gasteiger partial charge is 0.337 e. The van der Waals surface area contributed by atoms with Gasteiger partial charge in [-0.05, 0) is 55.0 Å². The van der Waals surface area contributed by atoms with Gasteiger partial charge >= 0.3 is 0 Å². The predicted octanol–water partition coefficient (Wildman–Crippen LogP) is 5.68. The molecule has 33 heavy (non-hydrogen) atoms. The van der Waals surface area contributed by atoms with Crippen molar-refractivity contribution in [3.63, 3.8) is 0 Å². The molecule has 0 saturated heterocycles. The zero-order valence-corrected chi connectivity index (χ0v) is 19.8. The molecule has 0 radical (unpaired) electrons. The lowest BCUT2D eigenvalue weighted by molar-refractivity contribution is -0.116. The first-order chi connectivity index (χ1) is 15.8. The van der Waals surface area contributed by atoms with Gasteiger partial charge in [-0.1, -0.05) is 47.2 Å². The van der Waals surface area contributed by atoms with Crippen molar-refractivity contribution in [2.24, 2.45) is 0 Å². The lowest BCUT2D eigenvalue weighted by Gasteiger charge is -2.05. The molecular weight excluding hydrogens is 478 g/mol. The molecule has 0 aliphatic rings. The molecule has 0 spiro atoms. The van der Waals surface area contributed by atoms with Gasteiger partial charge in [0.15, 0.2) is 5.13 Å². The van der Waals surface area contributed by atoms with E-state index >= 15 is 0 Å². The summed E-state index contributed by atoms with van der Waals surface area (Å²) in [5, 5.41) is 4.35. The van der Waals surface area contributed by atoms with Gasteiger partial charge in [0.2, 0.25) is 15.7 Å². The SMILES string of the molecule is Cc1ccc2nc(NC(=O)Cn3cc(S(=O)(=O)c4ccc(Cl)cc4)c4ccccc43)sc2c1. The third-order valence-corrected chi connectivity index (χ3v) is 8.25. The summed E-state index contributed by atoms with van der Waals surface area (Å²) in [4.78, 5) is 17.6. The molecule has 2 aromatic heterocycles. The number of sulfone groups is 1. The van der Waals surface area contributed by atoms with Gasteiger partial charge in [0.05, 0.1) is 20.0 Å². The van der Waals surface area contributed by atoms with Gasteiger partial charge in [0.25, 0.3) is 0 Å². The van der Waals surface area contributed by atoms with E-state index in [1.165, 1.54) is 29.7 Å². The fraction of sp³-hybridized carbons (Fsp3) is 0.0833. The highest BCUT2D eigenvalue weighted by Gasteiger charge is 2.24. The molecule has 1 amide bonds. The molecule has 5 aromatic rings. The normalized spacial score (nSPS) is 11.8. The van der Waals surface area contributed by atoms with Crippen LogP contribution in [0.15, 0.2) is 82.7 Å². The van der Waals surface area contributed by atoms with Crippen molar-refractivity contribution in [1.29, 1.82) is 0 Å². The van der Waals surface area contributed by atoms with Crippen LogP contribution >= 0.6 is 22.9 Å². The van der Waals surface area contributed by atoms with Crippen LogP contribution in [0.5, 0.6) is 0 Å². The van der Waals surface area contributed by atoms with Gasteiger partial charge in [-0.3, -0.25) is 4.79 Å². The molecule has 0 aliphatic heterocycles. The Hall–Kier alpha value is -3.20. The van der Waals surface area contributed by atoms with Crippen molar-refractivity contribution in [3.05, 3.63) is 83.5 Å². The maximum Gasteiger partial charge on any atom is 0.246 e. The van der Waals surface area contributed by atoms with Crippen LogP contribution in [0.1, 0.15) is 5.56 Å². The smallest absolute Gasteiger partial charge is 0.246 e. The summed E-state index contributed by atoms with van der Waals surface area (Å²) in [6.07, 6.45) is 1.51. The van der Waals surface area contributed by atoms with E-state index in [-0.39, 0.29) is 22.2 Å². The van der Waals surface area contributed by atoms with Crippen molar-refractivity contribution in [2.45, 2.75) is 23.3 Å². The maximum absolute atomic E-state index is 13.3. The number of aryl methyl sites for hydroxylation is 1. The topological polar surface area (TPSA) is 81.1 Å². The van der Waals surface area contributed by atoms with Gasteiger partial charge in [0, 0.05) is 22.1 Å². The van der Waals surface area contributed by atoms with E-state index in [9.17, 15) is 13.2 Å². The number of nitrogens with zero attached hydrogens (tertiary/aromatic N) is 2. The Morgan fingerprint density at radius 2 is 1.85 bits per heavy atom. The molecule has 2 heterocycles. The Morgan fingerprint density at radius 1 is 1.09 bits per heavy atom. The Labute approximate surface area is 199 Å². The third-order valence-electron chi connectivity index (χ3n) is 5.27. The number of benzene rings is 3. The first-order valence-corrected chi connectivity index (χ1v) is 12.7. The van der Waals surface area contributed by atoms with Gasteiger partial charge in [0.1, 0.15) is 6.54 Å². The second kappa shape index (κ2) is 8.30. The van der Waals surface area contributed by atoms with Gasteiger partial charge in [-0.25, -0.2) is 13.4 Å². The molecule has 9 heteroatoms. The Bertz CT molecular complexity index is 1620. The zero-order valence-electron chi connectivity index (χ0n) is 17.4. The molecule has 166 valence electrons. The standard InChI is InChI=1S/C24H18ClN3O3S2/c1-15-6-11-19-21(12-15)32-24(26-19)27-23(29)14-28-13-22(18-4-2-3-5-20(18)28)33(30,31)17-9-7-16(25)8-10-17/h2-13H,14H2,1H3,(H,26,27,29). The maximum atomic E-state index is 13.3. The van der Waals surface area contributed by atoms with E-state index < -0.39 is 9.84 Å². The number of hydrogen-bond donors (Lipinski definition) is 1. The summed E-state index contributed by atoms with van der Waals surface area (Å²) < 4.78 is 29.3. The average Bonchev–Trinajstić information content (AvgIpc) is 3.35. The summed E-state index contributed by atoms with van der Waals surface area (Å²) in [6.45, 7) is 1.95. The summed E-state index contributed by atoms with van der Waals surface area (Å²) in [7, 11) is -3.80. The van der Waals surface area contributed by atoms with E-state index in [0.717, 1.165) is 15.8 Å². The first kappa shape index (κ1) is 21.6. The van der Waals surface area contributed by atoms with Crippen LogP contribution in [0.3, 0.4) is 0 Å². The fourth-order valence-electron chi connectivity index (χ4n) is 3.70. The van der Waals surface area contributed by atoms with Crippen LogP contribution < -0.4 is 5.32 Å². The number of carbonyl (C=O) groups excluding carboxylic acids is 1. The molecule has 0 bridgehead atoms. The predicted molar refractivity (Wildman–Crippen MR) is 132 cm³/mol. The van der Waals surface area contributed by atoms with Crippen LogP contribution in [0.4, 0.5) is 5.13 Å². The molecule has 5 rings (SSSR count). The van der Waals surface area contributed by atoms with Crippen molar-refractivity contribution in [2.75, 3.05) is 5.32 Å². The second-order valence-corrected chi connectivity index (χ2v) is 11.0. The molecule has 0 fully saturated rings. The quantitative estimate of drug-likeness (QED) is 0.340. The van der Waals surface area contributed by atoms with E-state index in [1.54, 1.807) is 34.9 Å². The van der Waals surface area contributed by atoms with Crippen molar-refractivity contribution >= 4 is 64.9 Å². The highest BCUT2D eigenvalue weighted by Crippen LogP contribution is 2.31. The fourth-order valence-corrected chi connectivity index (χ4v) is 6.28. The zero-order chi connectivity index (χ0) is 23.2. The Kier molecular flexibility index (Phi) is 5.44. The molecule has 0 saturated carbocycles. The number of fused-ring (bicyclic) bond motifs is 2. The molecule has 0 unspecified atom stereocenters. The highest BCUT2D eigenvalue weighted by atomic mass is 35.5. The van der Waals surface area contributed by atoms with Gasteiger partial charge in [-0.2, -0.15) is 0 Å². The number of anilines is 1. The Balaban J connectivity index is 1.47. The lowest BCUT2D eigenvalue weighted by atomic mass is 10.2. The number of nitrogens with one attached hydrogen (secondary N) is 1. The van der Waals surface area contributed by atoms with Crippen molar-refractivity contribution in [3.8, 4) is 0 Å². The molecule has 3 aromatic carbocycles. The third kappa shape index (κ3) is 4.13. The van der Waals surface area contributed by atoms with Gasteiger partial charge < -0.3 is 9.88 Å². The minimum Gasteiger partial charge on any atom is -0.337 e. The van der Waals surface area contributed by atoms with Crippen molar-refractivity contribution in [1.82, 2.24) is 9.55 Å². The number of halogens is 1. The number of hydrogen-bond acceptors (Lipinski definition) is 5. The van der Waals surface area contributed by atoms with Crippen LogP contribution in [0.25, 0.3) is 21.1 Å². The first-order valence-electron chi connectivity index (χ1n) is 10.1. The van der Waals surface area contributed by atoms with Crippen LogP contribution in [-0.4, -0.2) is 23.9 Å². The minimum atomic E-state index is -3.80. The Morgan fingerprint density at radius 3 is 2.64 bits per heavy atom. The van der Waals surface area contributed by atoms with E-state index in [4.69, 9.17) is 11.6 Å². The molecule has 0 aliphatic carbocycles. The van der Waals surface area contributed by atoms with Crippen molar-refractivity contribution < 1.29 is 13.2 Å². The lowest BCUT2D eigenvalue weighted by Crippen LogP contribution is -2.18. The molecular formula is C24H18ClN3O3S2. The number of rotatable bonds is 5. The molecule has 6 nitrogen and oxygen atoms in total. The summed E-state index contributed by atoms with van der Waals surface area (Å²) in [5.41, 5.74) is 2.60. The van der Waals surface area contributed by atoms with Crippen LogP contribution in [0.2, 0.25) is 5.02 Å². The summed E-state index contributed by atoms with van der Waals surface area (Å²) >= 11 is 7.32. The second-order valence-electron chi connectivity index (χ2n) is 7.63. The number of para-hydroxylation sites is 1. The van der Waals surface area contributed by atoms with Crippen LogP contribution in [-0.2, 0) is 21.2 Å². The van der Waals surface area contributed by atoms with E-state index in [2.05, 4.69) is 10.3 Å². The molecule has 1 N–H and O–H groups in total. The number of amides is 1. The highest BCUT2D eigenvalue weighted by molar-refractivity contribution is 7.91. The number of aromatic nitrogens is 2. The number of thiazole rings is 1. The van der Waals surface area contributed by atoms with Crippen LogP contribution in [0, 0.1) is 6.92 Å². The number of carbonyl (C=O) groups is 1. The average molecular weight is 496 g/mol. The van der Waals surface area contributed by atoms with Gasteiger partial charge in [-0.15, -0.1) is 0 Å².